The number of halogens is 2. The van der Waals surface area contributed by atoms with E-state index in [4.69, 9.17) is 11.6 Å². The first kappa shape index (κ1) is 10.3. The molecule has 0 spiro atoms. The molecule has 0 fully saturated rings. The zero-order chi connectivity index (χ0) is 10.0. The fraction of sp³-hybridized carbons (Fsp3) is 0.143. The Hall–Kier alpha value is -0.810. The number of nitrogens with one attached hydrogen (secondary N) is 1. The zero-order valence-electron chi connectivity index (χ0n) is 6.51. The lowest BCUT2D eigenvalue weighted by atomic mass is 10.5. The number of allylic oxidation sites excluding steroid dienone is 1. The highest BCUT2D eigenvalue weighted by molar-refractivity contribution is 9.10. The molecule has 1 aromatic heterocycles. The van der Waals surface area contributed by atoms with Gasteiger partial charge in [0, 0.05) is 11.2 Å². The second kappa shape index (κ2) is 3.93. The molecule has 1 rings (SSSR count). The Bertz CT molecular complexity index is 449. The number of rotatable bonds is 2. The SMILES string of the molecule is C=C(Cl)Cn1cc(Br)c(=O)[nH]c1=O. The molecule has 0 saturated heterocycles. The molecule has 6 heteroatoms. The maximum absolute atomic E-state index is 11.1. The monoisotopic (exact) mass is 264 g/mol. The summed E-state index contributed by atoms with van der Waals surface area (Å²) in [5, 5.41) is 0.320. The molecule has 1 N–H and O–H groups in total. The summed E-state index contributed by atoms with van der Waals surface area (Å²) in [4.78, 5) is 24.1. The van der Waals surface area contributed by atoms with Crippen LogP contribution in [0.3, 0.4) is 0 Å². The van der Waals surface area contributed by atoms with E-state index >= 15 is 0 Å². The van der Waals surface area contributed by atoms with E-state index in [9.17, 15) is 9.59 Å². The molecule has 0 radical (unpaired) electrons. The lowest BCUT2D eigenvalue weighted by Crippen LogP contribution is -2.29. The van der Waals surface area contributed by atoms with E-state index in [0.717, 1.165) is 0 Å². The van der Waals surface area contributed by atoms with Gasteiger partial charge in [-0.1, -0.05) is 18.2 Å². The van der Waals surface area contributed by atoms with E-state index in [1.165, 1.54) is 10.8 Å². The van der Waals surface area contributed by atoms with Crippen LogP contribution in [0.15, 0.2) is 31.9 Å². The fourth-order valence-corrected chi connectivity index (χ4v) is 1.26. The molecule has 0 aliphatic heterocycles. The van der Waals surface area contributed by atoms with Crippen LogP contribution in [0.2, 0.25) is 0 Å². The highest BCUT2D eigenvalue weighted by atomic mass is 79.9. The first-order valence-electron chi connectivity index (χ1n) is 3.33. The second-order valence-corrected chi connectivity index (χ2v) is 3.77. The smallest absolute Gasteiger partial charge is 0.294 e. The number of H-pyrrole nitrogens is 1. The average molecular weight is 265 g/mol. The van der Waals surface area contributed by atoms with Gasteiger partial charge in [0.25, 0.3) is 5.56 Å². The van der Waals surface area contributed by atoms with E-state index in [0.29, 0.717) is 5.03 Å². The van der Waals surface area contributed by atoms with Gasteiger partial charge < -0.3 is 0 Å². The van der Waals surface area contributed by atoms with Gasteiger partial charge in [-0.3, -0.25) is 14.3 Å². The molecular weight excluding hydrogens is 259 g/mol. The summed E-state index contributed by atoms with van der Waals surface area (Å²) in [6, 6.07) is 0. The van der Waals surface area contributed by atoms with Gasteiger partial charge in [0.05, 0.1) is 11.0 Å². The minimum Gasteiger partial charge on any atom is -0.294 e. The van der Waals surface area contributed by atoms with Crippen molar-refractivity contribution < 1.29 is 0 Å². The van der Waals surface area contributed by atoms with Gasteiger partial charge in [-0.15, -0.1) is 0 Å². The molecule has 0 bridgehead atoms. The number of hydrogen-bond donors (Lipinski definition) is 1. The standard InChI is InChI=1S/C7H6BrClN2O2/c1-4(9)2-11-3-5(8)6(12)10-7(11)13/h3H,1-2H2,(H,10,12,13). The van der Waals surface area contributed by atoms with E-state index in [1.54, 1.807) is 0 Å². The van der Waals surface area contributed by atoms with Crippen molar-refractivity contribution in [1.82, 2.24) is 9.55 Å². The topological polar surface area (TPSA) is 54.9 Å². The maximum atomic E-state index is 11.1. The molecule has 4 nitrogen and oxygen atoms in total. The molecule has 13 heavy (non-hydrogen) atoms. The Morgan fingerprint density at radius 3 is 2.85 bits per heavy atom. The molecule has 1 aromatic rings. The van der Waals surface area contributed by atoms with Gasteiger partial charge in [-0.2, -0.15) is 0 Å². The van der Waals surface area contributed by atoms with E-state index < -0.39 is 11.2 Å². The molecule has 0 aliphatic carbocycles. The Morgan fingerprint density at radius 2 is 2.31 bits per heavy atom. The van der Waals surface area contributed by atoms with Crippen molar-refractivity contribution in [3.05, 3.63) is 43.1 Å². The van der Waals surface area contributed by atoms with Crippen LogP contribution in [-0.4, -0.2) is 9.55 Å². The van der Waals surface area contributed by atoms with Crippen LogP contribution in [0.25, 0.3) is 0 Å². The Balaban J connectivity index is 3.24. The van der Waals surface area contributed by atoms with Crippen molar-refractivity contribution in [2.24, 2.45) is 0 Å². The van der Waals surface area contributed by atoms with Crippen LogP contribution in [0.4, 0.5) is 0 Å². The summed E-state index contributed by atoms with van der Waals surface area (Å²) in [5.74, 6) is 0. The van der Waals surface area contributed by atoms with Crippen molar-refractivity contribution >= 4 is 27.5 Å². The highest BCUT2D eigenvalue weighted by Crippen LogP contribution is 2.02. The fourth-order valence-electron chi connectivity index (χ4n) is 0.785. The number of aromatic amines is 1. The van der Waals surface area contributed by atoms with E-state index in [1.807, 2.05) is 0 Å². The third kappa shape index (κ3) is 2.57. The van der Waals surface area contributed by atoms with E-state index in [2.05, 4.69) is 27.5 Å². The number of hydrogen-bond acceptors (Lipinski definition) is 2. The van der Waals surface area contributed by atoms with Gasteiger partial charge in [0.2, 0.25) is 0 Å². The quantitative estimate of drug-likeness (QED) is 0.869. The molecule has 1 heterocycles. The lowest BCUT2D eigenvalue weighted by molar-refractivity contribution is 0.725. The van der Waals surface area contributed by atoms with Gasteiger partial charge in [-0.05, 0) is 15.9 Å². The Kier molecular flexibility index (Phi) is 3.11. The largest absolute Gasteiger partial charge is 0.328 e. The molecule has 0 aliphatic rings. The molecule has 0 saturated carbocycles. The van der Waals surface area contributed by atoms with E-state index in [-0.39, 0.29) is 11.0 Å². The van der Waals surface area contributed by atoms with Crippen LogP contribution in [0.5, 0.6) is 0 Å². The molecule has 0 aromatic carbocycles. The van der Waals surface area contributed by atoms with Crippen molar-refractivity contribution in [2.45, 2.75) is 6.54 Å². The predicted molar refractivity (Wildman–Crippen MR) is 54.0 cm³/mol. The van der Waals surface area contributed by atoms with Gasteiger partial charge >= 0.3 is 5.69 Å². The molecule has 0 unspecified atom stereocenters. The third-order valence-electron chi connectivity index (χ3n) is 1.31. The van der Waals surface area contributed by atoms with Gasteiger partial charge in [0.1, 0.15) is 0 Å². The van der Waals surface area contributed by atoms with Gasteiger partial charge in [0.15, 0.2) is 0 Å². The predicted octanol–water partition coefficient (Wildman–Crippen LogP) is 1.05. The van der Waals surface area contributed by atoms with Crippen LogP contribution in [-0.2, 0) is 6.54 Å². The summed E-state index contributed by atoms with van der Waals surface area (Å²) in [5.41, 5.74) is -0.962. The zero-order valence-corrected chi connectivity index (χ0v) is 8.85. The van der Waals surface area contributed by atoms with Crippen LogP contribution < -0.4 is 11.2 Å². The van der Waals surface area contributed by atoms with Crippen molar-refractivity contribution in [3.8, 4) is 0 Å². The Morgan fingerprint density at radius 1 is 1.69 bits per heavy atom. The highest BCUT2D eigenvalue weighted by Gasteiger charge is 2.01. The van der Waals surface area contributed by atoms with Gasteiger partial charge in [-0.25, -0.2) is 4.79 Å². The summed E-state index contributed by atoms with van der Waals surface area (Å²) >= 11 is 8.51. The number of aromatic nitrogens is 2. The second-order valence-electron chi connectivity index (χ2n) is 2.38. The first-order chi connectivity index (χ1) is 6.00. The summed E-state index contributed by atoms with van der Waals surface area (Å²) in [6.07, 6.45) is 1.37. The third-order valence-corrected chi connectivity index (χ3v) is 1.99. The van der Waals surface area contributed by atoms with Crippen LogP contribution in [0, 0.1) is 0 Å². The molecule has 0 amide bonds. The normalized spacial score (nSPS) is 10.0. The molecule has 70 valence electrons. The molecule has 0 atom stereocenters. The van der Waals surface area contributed by atoms with Crippen molar-refractivity contribution in [2.75, 3.05) is 0 Å². The molecular formula is C7H6BrClN2O2. The average Bonchev–Trinajstić information content (AvgIpc) is 1.99. The lowest BCUT2D eigenvalue weighted by Gasteiger charge is -2.02. The summed E-state index contributed by atoms with van der Waals surface area (Å²) in [7, 11) is 0. The summed E-state index contributed by atoms with van der Waals surface area (Å²) in [6.45, 7) is 3.62. The minimum atomic E-state index is -0.505. The van der Waals surface area contributed by atoms with Crippen molar-refractivity contribution in [3.63, 3.8) is 0 Å². The minimum absolute atomic E-state index is 0.176. The van der Waals surface area contributed by atoms with Crippen LogP contribution >= 0.6 is 27.5 Å². The van der Waals surface area contributed by atoms with Crippen LogP contribution in [0.1, 0.15) is 0 Å². The number of nitrogens with zero attached hydrogens (tertiary/aromatic N) is 1. The Labute approximate surface area is 87.0 Å². The maximum Gasteiger partial charge on any atom is 0.328 e. The first-order valence-corrected chi connectivity index (χ1v) is 4.50. The van der Waals surface area contributed by atoms with Crippen molar-refractivity contribution in [1.29, 1.82) is 0 Å². The summed E-state index contributed by atoms with van der Waals surface area (Å²) < 4.78 is 1.53.